The van der Waals surface area contributed by atoms with Crippen molar-refractivity contribution < 1.29 is 14.3 Å². The fraction of sp³-hybridized carbons (Fsp3) is 0.133. The van der Waals surface area contributed by atoms with Crippen molar-refractivity contribution in [2.45, 2.75) is 0 Å². The topological polar surface area (TPSA) is 35.5 Å². The van der Waals surface area contributed by atoms with Gasteiger partial charge < -0.3 is 9.47 Å². The molecule has 0 heterocycles. The summed E-state index contributed by atoms with van der Waals surface area (Å²) < 4.78 is 10.7. The summed E-state index contributed by atoms with van der Waals surface area (Å²) in [5, 5.41) is 0. The highest BCUT2D eigenvalue weighted by Gasteiger charge is 2.12. The van der Waals surface area contributed by atoms with E-state index in [1.54, 1.807) is 20.3 Å². The fourth-order valence-corrected chi connectivity index (χ4v) is 1.90. The number of ether oxygens (including phenoxy) is 2. The van der Waals surface area contributed by atoms with Gasteiger partial charge in [0.2, 0.25) is 0 Å². The summed E-state index contributed by atoms with van der Waals surface area (Å²) in [7, 11) is 3.23. The number of benzene rings is 2. The minimum absolute atomic E-state index is 0.625. The highest BCUT2D eigenvalue weighted by Crippen LogP contribution is 2.38. The normalized spacial score (nSPS) is 9.89. The lowest BCUT2D eigenvalue weighted by atomic mass is 10.0. The molecule has 92 valence electrons. The number of carbonyl (C=O) groups excluding carboxylic acids is 1. The Morgan fingerprint density at radius 3 is 2.11 bits per heavy atom. The number of hydrogen-bond donors (Lipinski definition) is 0. The van der Waals surface area contributed by atoms with Crippen LogP contribution in [0.4, 0.5) is 0 Å². The first-order valence-corrected chi connectivity index (χ1v) is 5.56. The van der Waals surface area contributed by atoms with Gasteiger partial charge in [-0.25, -0.2) is 0 Å². The molecule has 0 aromatic heterocycles. The second-order valence-electron chi connectivity index (χ2n) is 3.78. The van der Waals surface area contributed by atoms with Crippen LogP contribution in [0.15, 0.2) is 42.5 Å². The molecule has 0 aliphatic carbocycles. The van der Waals surface area contributed by atoms with Gasteiger partial charge in [-0.1, -0.05) is 24.3 Å². The fourth-order valence-electron chi connectivity index (χ4n) is 1.90. The minimum atomic E-state index is 0.625. The summed E-state index contributed by atoms with van der Waals surface area (Å²) in [6, 6.07) is 12.9. The van der Waals surface area contributed by atoms with Crippen molar-refractivity contribution >= 4 is 6.29 Å². The van der Waals surface area contributed by atoms with Crippen LogP contribution in [0, 0.1) is 0 Å². The molecule has 0 N–H and O–H groups in total. The molecule has 0 radical (unpaired) electrons. The third-order valence-electron chi connectivity index (χ3n) is 2.74. The molecule has 0 saturated heterocycles. The second-order valence-corrected chi connectivity index (χ2v) is 3.78. The molecule has 0 aliphatic heterocycles. The number of rotatable bonds is 4. The zero-order valence-electron chi connectivity index (χ0n) is 10.3. The van der Waals surface area contributed by atoms with Crippen molar-refractivity contribution in [2.24, 2.45) is 0 Å². The lowest BCUT2D eigenvalue weighted by molar-refractivity contribution is 0.112. The molecule has 2 aromatic carbocycles. The van der Waals surface area contributed by atoms with Gasteiger partial charge in [-0.3, -0.25) is 4.79 Å². The Morgan fingerprint density at radius 2 is 1.56 bits per heavy atom. The van der Waals surface area contributed by atoms with E-state index in [2.05, 4.69) is 0 Å². The van der Waals surface area contributed by atoms with Gasteiger partial charge in [-0.2, -0.15) is 0 Å². The maximum Gasteiger partial charge on any atom is 0.150 e. The Balaban J connectivity index is 2.64. The van der Waals surface area contributed by atoms with Gasteiger partial charge in [0.1, 0.15) is 17.8 Å². The molecule has 0 aliphatic rings. The van der Waals surface area contributed by atoms with Gasteiger partial charge in [0.25, 0.3) is 0 Å². The molecular formula is C15H14O3. The standard InChI is InChI=1S/C15H14O3/c1-17-13-7-4-8-14(18-2)15(13)12-6-3-5-11(9-12)10-16/h3-10H,1-2H3. The quantitative estimate of drug-likeness (QED) is 0.772. The smallest absolute Gasteiger partial charge is 0.150 e. The first-order valence-electron chi connectivity index (χ1n) is 5.56. The lowest BCUT2D eigenvalue weighted by Crippen LogP contribution is -1.93. The average Bonchev–Trinajstić information content (AvgIpc) is 2.46. The number of hydrogen-bond acceptors (Lipinski definition) is 3. The van der Waals surface area contributed by atoms with Crippen LogP contribution >= 0.6 is 0 Å². The average molecular weight is 242 g/mol. The summed E-state index contributed by atoms with van der Waals surface area (Å²) in [4.78, 5) is 10.8. The van der Waals surface area contributed by atoms with Crippen LogP contribution in [0.5, 0.6) is 11.5 Å². The van der Waals surface area contributed by atoms with E-state index in [4.69, 9.17) is 9.47 Å². The third kappa shape index (κ3) is 2.20. The molecule has 3 nitrogen and oxygen atoms in total. The number of carbonyl (C=O) groups is 1. The Kier molecular flexibility index (Phi) is 3.63. The summed E-state index contributed by atoms with van der Waals surface area (Å²) in [6.07, 6.45) is 0.825. The molecule has 2 aromatic rings. The van der Waals surface area contributed by atoms with E-state index in [1.165, 1.54) is 0 Å². The molecule has 0 fully saturated rings. The van der Waals surface area contributed by atoms with E-state index in [-0.39, 0.29) is 0 Å². The van der Waals surface area contributed by atoms with Gasteiger partial charge in [0.05, 0.1) is 19.8 Å². The SMILES string of the molecule is COc1cccc(OC)c1-c1cccc(C=O)c1. The first-order chi connectivity index (χ1) is 8.80. The maximum absolute atomic E-state index is 10.8. The highest BCUT2D eigenvalue weighted by atomic mass is 16.5. The zero-order chi connectivity index (χ0) is 13.0. The van der Waals surface area contributed by atoms with Crippen LogP contribution in [0.1, 0.15) is 10.4 Å². The van der Waals surface area contributed by atoms with Crippen LogP contribution < -0.4 is 9.47 Å². The summed E-state index contributed by atoms with van der Waals surface area (Å²) in [5.41, 5.74) is 2.38. The lowest BCUT2D eigenvalue weighted by Gasteiger charge is -2.13. The Labute approximate surface area is 106 Å². The largest absolute Gasteiger partial charge is 0.496 e. The molecule has 0 unspecified atom stereocenters. The zero-order valence-corrected chi connectivity index (χ0v) is 10.3. The van der Waals surface area contributed by atoms with Crippen LogP contribution in [-0.4, -0.2) is 20.5 Å². The van der Waals surface area contributed by atoms with E-state index >= 15 is 0 Å². The van der Waals surface area contributed by atoms with Gasteiger partial charge in [0, 0.05) is 5.56 Å². The van der Waals surface area contributed by atoms with Gasteiger partial charge >= 0.3 is 0 Å². The summed E-state index contributed by atoms with van der Waals surface area (Å²) in [5.74, 6) is 1.44. The van der Waals surface area contributed by atoms with E-state index in [1.807, 2.05) is 36.4 Å². The predicted molar refractivity (Wildman–Crippen MR) is 70.4 cm³/mol. The van der Waals surface area contributed by atoms with Gasteiger partial charge in [-0.05, 0) is 23.8 Å². The monoisotopic (exact) mass is 242 g/mol. The van der Waals surface area contributed by atoms with E-state index < -0.39 is 0 Å². The van der Waals surface area contributed by atoms with Crippen molar-refractivity contribution in [3.8, 4) is 22.6 Å². The molecular weight excluding hydrogens is 228 g/mol. The Hall–Kier alpha value is -2.29. The Morgan fingerprint density at radius 1 is 0.944 bits per heavy atom. The van der Waals surface area contributed by atoms with E-state index in [0.717, 1.165) is 28.9 Å². The second kappa shape index (κ2) is 5.36. The van der Waals surface area contributed by atoms with Crippen LogP contribution in [0.25, 0.3) is 11.1 Å². The predicted octanol–water partition coefficient (Wildman–Crippen LogP) is 3.18. The third-order valence-corrected chi connectivity index (χ3v) is 2.74. The van der Waals surface area contributed by atoms with Gasteiger partial charge in [0.15, 0.2) is 0 Å². The minimum Gasteiger partial charge on any atom is -0.496 e. The maximum atomic E-state index is 10.8. The van der Waals surface area contributed by atoms with Gasteiger partial charge in [-0.15, -0.1) is 0 Å². The summed E-state index contributed by atoms with van der Waals surface area (Å²) >= 11 is 0. The summed E-state index contributed by atoms with van der Waals surface area (Å²) in [6.45, 7) is 0. The number of methoxy groups -OCH3 is 2. The molecule has 0 amide bonds. The molecule has 18 heavy (non-hydrogen) atoms. The van der Waals surface area contributed by atoms with Crippen molar-refractivity contribution in [2.75, 3.05) is 14.2 Å². The molecule has 0 saturated carbocycles. The molecule has 0 atom stereocenters. The van der Waals surface area contributed by atoms with Crippen LogP contribution in [0.3, 0.4) is 0 Å². The molecule has 0 bridgehead atoms. The van der Waals surface area contributed by atoms with Crippen molar-refractivity contribution in [3.05, 3.63) is 48.0 Å². The first kappa shape index (κ1) is 12.2. The van der Waals surface area contributed by atoms with Crippen LogP contribution in [0.2, 0.25) is 0 Å². The molecule has 0 spiro atoms. The molecule has 3 heteroatoms. The highest BCUT2D eigenvalue weighted by molar-refractivity contribution is 5.82. The van der Waals surface area contributed by atoms with Crippen molar-refractivity contribution in [1.29, 1.82) is 0 Å². The molecule has 2 rings (SSSR count). The van der Waals surface area contributed by atoms with Crippen molar-refractivity contribution in [1.82, 2.24) is 0 Å². The number of aldehydes is 1. The van der Waals surface area contributed by atoms with Crippen molar-refractivity contribution in [3.63, 3.8) is 0 Å². The van der Waals surface area contributed by atoms with Crippen LogP contribution in [-0.2, 0) is 0 Å². The van der Waals surface area contributed by atoms with E-state index in [9.17, 15) is 4.79 Å². The van der Waals surface area contributed by atoms with E-state index in [0.29, 0.717) is 5.56 Å². The Bertz CT molecular complexity index is 539.